The van der Waals surface area contributed by atoms with Crippen LogP contribution in [0.5, 0.6) is 0 Å². The largest absolute Gasteiger partial charge is 0.327 e. The predicted molar refractivity (Wildman–Crippen MR) is 44.5 cm³/mol. The van der Waals surface area contributed by atoms with E-state index in [0.29, 0.717) is 6.04 Å². The van der Waals surface area contributed by atoms with Crippen molar-refractivity contribution in [3.05, 3.63) is 6.92 Å². The van der Waals surface area contributed by atoms with Gasteiger partial charge in [0, 0.05) is 6.04 Å². The van der Waals surface area contributed by atoms with Crippen LogP contribution in [0.1, 0.15) is 38.5 Å². The van der Waals surface area contributed by atoms with E-state index >= 15 is 0 Å². The second kappa shape index (κ2) is 3.97. The van der Waals surface area contributed by atoms with E-state index in [-0.39, 0.29) is 0 Å². The molecule has 1 nitrogen and oxygen atoms in total. The van der Waals surface area contributed by atoms with E-state index in [0.717, 1.165) is 12.3 Å². The monoisotopic (exact) mass is 140 g/mol. The molecular weight excluding hydrogens is 122 g/mol. The third-order valence-electron chi connectivity index (χ3n) is 2.59. The van der Waals surface area contributed by atoms with Crippen LogP contribution in [0.4, 0.5) is 0 Å². The Morgan fingerprint density at radius 2 is 1.90 bits per heavy atom. The zero-order chi connectivity index (χ0) is 7.40. The van der Waals surface area contributed by atoms with Crippen LogP contribution in [0.15, 0.2) is 0 Å². The summed E-state index contributed by atoms with van der Waals surface area (Å²) in [5.74, 6) is 0.784. The van der Waals surface area contributed by atoms with Crippen molar-refractivity contribution < 1.29 is 0 Å². The minimum atomic E-state index is 0.375. The molecule has 1 heteroatoms. The van der Waals surface area contributed by atoms with Gasteiger partial charge in [0.15, 0.2) is 0 Å². The maximum atomic E-state index is 5.89. The standard InChI is InChI=1S/C9H18N/c1-2-9(10)8-6-4-3-5-7-8/h8-9H,1-7,10H2. The number of hydrogen-bond acceptors (Lipinski definition) is 1. The molecule has 0 aromatic heterocycles. The fourth-order valence-electron chi connectivity index (χ4n) is 1.80. The van der Waals surface area contributed by atoms with Gasteiger partial charge in [-0.2, -0.15) is 0 Å². The molecule has 2 N–H and O–H groups in total. The summed E-state index contributed by atoms with van der Waals surface area (Å²) in [6.45, 7) is 3.84. The average molecular weight is 140 g/mol. The highest BCUT2D eigenvalue weighted by molar-refractivity contribution is 4.76. The van der Waals surface area contributed by atoms with E-state index in [1.54, 1.807) is 0 Å². The number of hydrogen-bond donors (Lipinski definition) is 1. The molecule has 0 aromatic rings. The first-order valence-corrected chi connectivity index (χ1v) is 4.39. The molecule has 0 saturated heterocycles. The molecule has 59 valence electrons. The Bertz CT molecular complexity index is 84.7. The molecule has 0 bridgehead atoms. The van der Waals surface area contributed by atoms with Crippen molar-refractivity contribution in [1.82, 2.24) is 0 Å². The molecule has 1 saturated carbocycles. The summed E-state index contributed by atoms with van der Waals surface area (Å²) >= 11 is 0. The van der Waals surface area contributed by atoms with E-state index in [9.17, 15) is 0 Å². The maximum absolute atomic E-state index is 5.89. The molecule has 1 fully saturated rings. The third-order valence-corrected chi connectivity index (χ3v) is 2.59. The van der Waals surface area contributed by atoms with Crippen molar-refractivity contribution >= 4 is 0 Å². The lowest BCUT2D eigenvalue weighted by Crippen LogP contribution is -2.30. The summed E-state index contributed by atoms with van der Waals surface area (Å²) in [5.41, 5.74) is 5.89. The summed E-state index contributed by atoms with van der Waals surface area (Å²) in [7, 11) is 0. The quantitative estimate of drug-likeness (QED) is 0.624. The van der Waals surface area contributed by atoms with Crippen LogP contribution in [0.3, 0.4) is 0 Å². The van der Waals surface area contributed by atoms with Crippen LogP contribution >= 0.6 is 0 Å². The zero-order valence-electron chi connectivity index (χ0n) is 6.68. The first-order chi connectivity index (χ1) is 4.84. The minimum Gasteiger partial charge on any atom is -0.327 e. The molecular formula is C9H18N. The molecule has 0 heterocycles. The molecule has 1 radical (unpaired) electrons. The van der Waals surface area contributed by atoms with Gasteiger partial charge < -0.3 is 5.73 Å². The van der Waals surface area contributed by atoms with Gasteiger partial charge in [0.05, 0.1) is 0 Å². The Morgan fingerprint density at radius 3 is 2.40 bits per heavy atom. The smallest absolute Gasteiger partial charge is 0.00671 e. The Balaban J connectivity index is 2.24. The zero-order valence-corrected chi connectivity index (χ0v) is 6.68. The van der Waals surface area contributed by atoms with Crippen molar-refractivity contribution in [2.24, 2.45) is 11.7 Å². The highest BCUT2D eigenvalue weighted by Gasteiger charge is 2.18. The number of nitrogens with two attached hydrogens (primary N) is 1. The summed E-state index contributed by atoms with van der Waals surface area (Å²) < 4.78 is 0. The van der Waals surface area contributed by atoms with Crippen molar-refractivity contribution in [2.75, 3.05) is 0 Å². The highest BCUT2D eigenvalue weighted by atomic mass is 14.6. The molecule has 1 atom stereocenters. The van der Waals surface area contributed by atoms with Crippen LogP contribution in [0.25, 0.3) is 0 Å². The van der Waals surface area contributed by atoms with Gasteiger partial charge in [-0.05, 0) is 25.2 Å². The van der Waals surface area contributed by atoms with Crippen molar-refractivity contribution in [2.45, 2.75) is 44.6 Å². The van der Waals surface area contributed by atoms with Gasteiger partial charge in [0.2, 0.25) is 0 Å². The maximum Gasteiger partial charge on any atom is 0.00671 e. The minimum absolute atomic E-state index is 0.375. The lowest BCUT2D eigenvalue weighted by Gasteiger charge is -2.26. The van der Waals surface area contributed by atoms with Gasteiger partial charge in [0.25, 0.3) is 0 Å². The molecule has 1 aliphatic rings. The molecule has 1 aliphatic carbocycles. The molecule has 0 amide bonds. The van der Waals surface area contributed by atoms with Crippen LogP contribution in [-0.2, 0) is 0 Å². The lowest BCUT2D eigenvalue weighted by atomic mass is 9.83. The molecule has 0 aliphatic heterocycles. The van der Waals surface area contributed by atoms with Crippen LogP contribution in [0.2, 0.25) is 0 Å². The van der Waals surface area contributed by atoms with Crippen LogP contribution in [-0.4, -0.2) is 6.04 Å². The van der Waals surface area contributed by atoms with Gasteiger partial charge in [-0.1, -0.05) is 26.2 Å². The molecule has 0 spiro atoms. The van der Waals surface area contributed by atoms with E-state index in [1.807, 2.05) is 0 Å². The fraction of sp³-hybridized carbons (Fsp3) is 0.889. The van der Waals surface area contributed by atoms with Crippen LogP contribution < -0.4 is 5.73 Å². The third kappa shape index (κ3) is 1.98. The van der Waals surface area contributed by atoms with E-state index in [4.69, 9.17) is 5.73 Å². The molecule has 1 unspecified atom stereocenters. The molecule has 0 aromatic carbocycles. The summed E-state index contributed by atoms with van der Waals surface area (Å²) in [6.07, 6.45) is 7.79. The van der Waals surface area contributed by atoms with Gasteiger partial charge in [-0.15, -0.1) is 0 Å². The molecule has 10 heavy (non-hydrogen) atoms. The van der Waals surface area contributed by atoms with Crippen LogP contribution in [0, 0.1) is 12.8 Å². The van der Waals surface area contributed by atoms with Crippen molar-refractivity contribution in [1.29, 1.82) is 0 Å². The Kier molecular flexibility index (Phi) is 3.20. The van der Waals surface area contributed by atoms with Gasteiger partial charge >= 0.3 is 0 Å². The number of rotatable bonds is 2. The highest BCUT2D eigenvalue weighted by Crippen LogP contribution is 2.26. The molecule has 1 rings (SSSR count). The van der Waals surface area contributed by atoms with E-state index in [2.05, 4.69) is 6.92 Å². The van der Waals surface area contributed by atoms with Gasteiger partial charge in [0.1, 0.15) is 0 Å². The van der Waals surface area contributed by atoms with E-state index in [1.165, 1.54) is 32.1 Å². The SMILES string of the molecule is [CH2]CC(N)C1CCCCC1. The normalized spacial score (nSPS) is 24.6. The summed E-state index contributed by atoms with van der Waals surface area (Å²) in [4.78, 5) is 0. The summed E-state index contributed by atoms with van der Waals surface area (Å²) in [6, 6.07) is 0.375. The Labute approximate surface area is 64.0 Å². The van der Waals surface area contributed by atoms with Crippen molar-refractivity contribution in [3.63, 3.8) is 0 Å². The second-order valence-corrected chi connectivity index (χ2v) is 3.35. The fourth-order valence-corrected chi connectivity index (χ4v) is 1.80. The summed E-state index contributed by atoms with van der Waals surface area (Å²) in [5, 5.41) is 0. The Morgan fingerprint density at radius 1 is 1.30 bits per heavy atom. The van der Waals surface area contributed by atoms with Crippen molar-refractivity contribution in [3.8, 4) is 0 Å². The average Bonchev–Trinajstić information content (AvgIpc) is 2.05. The van der Waals surface area contributed by atoms with Gasteiger partial charge in [-0.3, -0.25) is 0 Å². The second-order valence-electron chi connectivity index (χ2n) is 3.35. The topological polar surface area (TPSA) is 26.0 Å². The Hall–Kier alpha value is -0.0400. The van der Waals surface area contributed by atoms with Gasteiger partial charge in [-0.25, -0.2) is 0 Å². The lowest BCUT2D eigenvalue weighted by molar-refractivity contribution is 0.305. The first-order valence-electron chi connectivity index (χ1n) is 4.39. The van der Waals surface area contributed by atoms with E-state index < -0.39 is 0 Å². The predicted octanol–water partition coefficient (Wildman–Crippen LogP) is 2.12. The first kappa shape index (κ1) is 8.06.